The van der Waals surface area contributed by atoms with Gasteiger partial charge in [-0.3, -0.25) is 0 Å². The van der Waals surface area contributed by atoms with Crippen LogP contribution in [-0.4, -0.2) is 36.7 Å². The number of rotatable bonds is 3. The Bertz CT molecular complexity index is 465. The molecule has 1 saturated heterocycles. The van der Waals surface area contributed by atoms with E-state index in [1.54, 1.807) is 12.1 Å². The maximum absolute atomic E-state index is 12.0. The zero-order chi connectivity index (χ0) is 13.8. The van der Waals surface area contributed by atoms with Crippen molar-refractivity contribution in [3.8, 4) is 0 Å². The number of nitrogens with zero attached hydrogens (tertiary/aromatic N) is 1. The van der Waals surface area contributed by atoms with E-state index in [2.05, 4.69) is 11.8 Å². The minimum absolute atomic E-state index is 0.296. The van der Waals surface area contributed by atoms with Crippen LogP contribution in [0.1, 0.15) is 24.2 Å². The van der Waals surface area contributed by atoms with Gasteiger partial charge in [-0.15, -0.1) is 0 Å². The molecule has 1 aliphatic rings. The predicted octanol–water partition coefficient (Wildman–Crippen LogP) is 2.39. The number of esters is 1. The average molecular weight is 280 g/mol. The van der Waals surface area contributed by atoms with Gasteiger partial charge >= 0.3 is 5.97 Å². The second-order valence-electron chi connectivity index (χ2n) is 4.59. The first kappa shape index (κ1) is 14.1. The fourth-order valence-electron chi connectivity index (χ4n) is 2.31. The van der Waals surface area contributed by atoms with E-state index >= 15 is 0 Å². The quantitative estimate of drug-likeness (QED) is 0.680. The number of carbonyl (C=O) groups excluding carboxylic acids is 1. The van der Waals surface area contributed by atoms with Crippen LogP contribution in [0.15, 0.2) is 18.2 Å². The van der Waals surface area contributed by atoms with Crippen molar-refractivity contribution in [2.45, 2.75) is 19.1 Å². The third-order valence-electron chi connectivity index (χ3n) is 3.12. The third kappa shape index (κ3) is 3.15. The van der Waals surface area contributed by atoms with E-state index < -0.39 is 0 Å². The van der Waals surface area contributed by atoms with Crippen LogP contribution in [0, 0.1) is 0 Å². The van der Waals surface area contributed by atoms with Gasteiger partial charge in [0.1, 0.15) is 0 Å². The molecular weight excluding hydrogens is 260 g/mol. The summed E-state index contributed by atoms with van der Waals surface area (Å²) in [6, 6.07) is 5.42. The monoisotopic (exact) mass is 280 g/mol. The van der Waals surface area contributed by atoms with Crippen LogP contribution in [0.4, 0.5) is 11.4 Å². The van der Waals surface area contributed by atoms with Crippen molar-refractivity contribution in [1.82, 2.24) is 0 Å². The summed E-state index contributed by atoms with van der Waals surface area (Å²) in [6.45, 7) is 6.20. The molecule has 1 aliphatic heterocycles. The van der Waals surface area contributed by atoms with Gasteiger partial charge in [-0.2, -0.15) is 11.8 Å². The number of nitrogen functional groups attached to an aromatic ring is 1. The van der Waals surface area contributed by atoms with Crippen LogP contribution in [0.2, 0.25) is 0 Å². The molecule has 0 saturated carbocycles. The third-order valence-corrected chi connectivity index (χ3v) is 4.26. The lowest BCUT2D eigenvalue weighted by atomic mass is 10.1. The minimum atomic E-state index is -0.296. The zero-order valence-corrected chi connectivity index (χ0v) is 12.2. The molecule has 0 spiro atoms. The number of para-hydroxylation sites is 1. The molecule has 19 heavy (non-hydrogen) atoms. The van der Waals surface area contributed by atoms with E-state index in [4.69, 9.17) is 10.5 Å². The first-order valence-electron chi connectivity index (χ1n) is 6.55. The summed E-state index contributed by atoms with van der Waals surface area (Å²) in [4.78, 5) is 14.2. The molecule has 0 bridgehead atoms. The van der Waals surface area contributed by atoms with Crippen LogP contribution in [0.25, 0.3) is 0 Å². The van der Waals surface area contributed by atoms with E-state index in [1.165, 1.54) is 0 Å². The first-order chi connectivity index (χ1) is 9.13. The molecule has 2 N–H and O–H groups in total. The Hall–Kier alpha value is -1.36. The summed E-state index contributed by atoms with van der Waals surface area (Å²) in [5, 5.41) is 0.545. The van der Waals surface area contributed by atoms with Gasteiger partial charge < -0.3 is 15.4 Å². The maximum atomic E-state index is 12.0. The van der Waals surface area contributed by atoms with Crippen LogP contribution in [0.5, 0.6) is 0 Å². The molecule has 1 aromatic carbocycles. The molecule has 1 aromatic rings. The molecule has 1 heterocycles. The summed E-state index contributed by atoms with van der Waals surface area (Å²) >= 11 is 1.95. The van der Waals surface area contributed by atoms with Gasteiger partial charge in [-0.25, -0.2) is 4.79 Å². The van der Waals surface area contributed by atoms with Crippen LogP contribution in [-0.2, 0) is 4.74 Å². The van der Waals surface area contributed by atoms with Gasteiger partial charge in [-0.1, -0.05) is 13.0 Å². The van der Waals surface area contributed by atoms with E-state index in [1.807, 2.05) is 24.8 Å². The number of benzene rings is 1. The van der Waals surface area contributed by atoms with Crippen LogP contribution in [0.3, 0.4) is 0 Å². The van der Waals surface area contributed by atoms with E-state index in [9.17, 15) is 4.79 Å². The average Bonchev–Trinajstić information content (AvgIpc) is 2.38. The topological polar surface area (TPSA) is 55.6 Å². The van der Waals surface area contributed by atoms with Crippen molar-refractivity contribution in [1.29, 1.82) is 0 Å². The molecular formula is C14H20N2O2S. The van der Waals surface area contributed by atoms with Crippen molar-refractivity contribution in [3.63, 3.8) is 0 Å². The maximum Gasteiger partial charge on any atom is 0.340 e. The fraction of sp³-hybridized carbons (Fsp3) is 0.500. The molecule has 5 heteroatoms. The molecule has 0 aliphatic carbocycles. The molecule has 104 valence electrons. The smallest absolute Gasteiger partial charge is 0.340 e. The Balaban J connectivity index is 2.34. The minimum Gasteiger partial charge on any atom is -0.462 e. The summed E-state index contributed by atoms with van der Waals surface area (Å²) in [6.07, 6.45) is 0. The van der Waals surface area contributed by atoms with E-state index in [0.29, 0.717) is 23.1 Å². The Labute approximate surface area is 118 Å². The Morgan fingerprint density at radius 3 is 3.05 bits per heavy atom. The number of hydrogen-bond acceptors (Lipinski definition) is 5. The SMILES string of the molecule is CCOC(=O)c1cccc(N)c1N1CCSC(C)C1. The van der Waals surface area contributed by atoms with E-state index in [0.717, 1.165) is 24.5 Å². The summed E-state index contributed by atoms with van der Waals surface area (Å²) in [5.41, 5.74) is 8.12. The summed E-state index contributed by atoms with van der Waals surface area (Å²) in [7, 11) is 0. The van der Waals surface area contributed by atoms with Gasteiger partial charge in [0.2, 0.25) is 0 Å². The zero-order valence-electron chi connectivity index (χ0n) is 11.4. The van der Waals surface area contributed by atoms with E-state index in [-0.39, 0.29) is 5.97 Å². The lowest BCUT2D eigenvalue weighted by Gasteiger charge is -2.34. The highest BCUT2D eigenvalue weighted by Crippen LogP contribution is 2.32. The van der Waals surface area contributed by atoms with Crippen molar-refractivity contribution >= 4 is 29.1 Å². The fourth-order valence-corrected chi connectivity index (χ4v) is 3.32. The molecule has 0 amide bonds. The Morgan fingerprint density at radius 2 is 2.37 bits per heavy atom. The number of hydrogen-bond donors (Lipinski definition) is 1. The predicted molar refractivity (Wildman–Crippen MR) is 80.9 cm³/mol. The molecule has 0 aromatic heterocycles. The highest BCUT2D eigenvalue weighted by molar-refractivity contribution is 8.00. The van der Waals surface area contributed by atoms with Crippen LogP contribution >= 0.6 is 11.8 Å². The molecule has 1 fully saturated rings. The van der Waals surface area contributed by atoms with Gasteiger partial charge in [0, 0.05) is 24.1 Å². The van der Waals surface area contributed by atoms with Crippen molar-refractivity contribution in [3.05, 3.63) is 23.8 Å². The highest BCUT2D eigenvalue weighted by atomic mass is 32.2. The van der Waals surface area contributed by atoms with Crippen molar-refractivity contribution < 1.29 is 9.53 Å². The highest BCUT2D eigenvalue weighted by Gasteiger charge is 2.24. The van der Waals surface area contributed by atoms with Crippen molar-refractivity contribution in [2.75, 3.05) is 36.1 Å². The van der Waals surface area contributed by atoms with Gasteiger partial charge in [0.15, 0.2) is 0 Å². The number of nitrogens with two attached hydrogens (primary N) is 1. The molecule has 1 unspecified atom stereocenters. The van der Waals surface area contributed by atoms with Gasteiger partial charge in [-0.05, 0) is 19.1 Å². The van der Waals surface area contributed by atoms with Crippen molar-refractivity contribution in [2.24, 2.45) is 0 Å². The Morgan fingerprint density at radius 1 is 1.58 bits per heavy atom. The molecule has 4 nitrogen and oxygen atoms in total. The van der Waals surface area contributed by atoms with Gasteiger partial charge in [0.25, 0.3) is 0 Å². The number of ether oxygens (including phenoxy) is 1. The first-order valence-corrected chi connectivity index (χ1v) is 7.60. The molecule has 1 atom stereocenters. The second-order valence-corrected chi connectivity index (χ2v) is 6.14. The molecule has 2 rings (SSSR count). The second kappa shape index (κ2) is 6.19. The number of anilines is 2. The standard InChI is InChI=1S/C14H20N2O2S/c1-3-18-14(17)11-5-4-6-12(15)13(11)16-7-8-19-10(2)9-16/h4-6,10H,3,7-9,15H2,1-2H3. The van der Waals surface area contributed by atoms with Crippen LogP contribution < -0.4 is 10.6 Å². The number of carbonyl (C=O) groups is 1. The lowest BCUT2D eigenvalue weighted by Crippen LogP contribution is -2.38. The summed E-state index contributed by atoms with van der Waals surface area (Å²) < 4.78 is 5.11. The largest absolute Gasteiger partial charge is 0.462 e. The van der Waals surface area contributed by atoms with Gasteiger partial charge in [0.05, 0.1) is 23.5 Å². The lowest BCUT2D eigenvalue weighted by molar-refractivity contribution is 0.0527. The normalized spacial score (nSPS) is 19.3. The molecule has 0 radical (unpaired) electrons. The Kier molecular flexibility index (Phi) is 4.58. The summed E-state index contributed by atoms with van der Waals surface area (Å²) in [5.74, 6) is 0.758. The number of thioether (sulfide) groups is 1.